The second-order valence-corrected chi connectivity index (χ2v) is 6.27. The Morgan fingerprint density at radius 3 is 3.05 bits per heavy atom. The fourth-order valence-corrected chi connectivity index (χ4v) is 3.10. The molecule has 2 aromatic rings. The summed E-state index contributed by atoms with van der Waals surface area (Å²) in [7, 11) is -3.58. The van der Waals surface area contributed by atoms with Gasteiger partial charge in [-0.2, -0.15) is 5.10 Å². The van der Waals surface area contributed by atoms with E-state index in [0.29, 0.717) is 18.0 Å². The number of rotatable bonds is 4. The maximum absolute atomic E-state index is 12.2. The van der Waals surface area contributed by atoms with E-state index in [-0.39, 0.29) is 11.4 Å². The maximum Gasteiger partial charge on any atom is 0.240 e. The number of aromatic amines is 1. The highest BCUT2D eigenvalue weighted by molar-refractivity contribution is 7.89. The Hall–Kier alpha value is -2.06. The molecule has 1 aromatic carbocycles. The fraction of sp³-hybridized carbons (Fsp3) is 0.250. The van der Waals surface area contributed by atoms with E-state index in [1.54, 1.807) is 12.1 Å². The topological polar surface area (TPSA) is 110 Å². The van der Waals surface area contributed by atoms with E-state index in [1.807, 2.05) is 0 Å². The smallest absolute Gasteiger partial charge is 0.240 e. The minimum atomic E-state index is -3.58. The predicted octanol–water partition coefficient (Wildman–Crippen LogP) is 0.405. The van der Waals surface area contributed by atoms with Crippen molar-refractivity contribution in [2.75, 3.05) is 12.3 Å². The quantitative estimate of drug-likeness (QED) is 0.756. The molecule has 0 saturated heterocycles. The van der Waals surface area contributed by atoms with E-state index < -0.39 is 10.0 Å². The maximum atomic E-state index is 12.2. The van der Waals surface area contributed by atoms with E-state index in [2.05, 4.69) is 14.9 Å². The molecule has 8 heteroatoms. The molecule has 0 spiro atoms. The molecule has 0 amide bonds. The van der Waals surface area contributed by atoms with Crippen molar-refractivity contribution in [1.82, 2.24) is 14.9 Å². The fourth-order valence-electron chi connectivity index (χ4n) is 2.05. The van der Waals surface area contributed by atoms with Crippen molar-refractivity contribution in [2.24, 2.45) is 0 Å². The van der Waals surface area contributed by atoms with E-state index >= 15 is 0 Å². The number of anilines is 1. The van der Waals surface area contributed by atoms with Gasteiger partial charge in [-0.1, -0.05) is 0 Å². The number of fused-ring (bicyclic) bond motifs is 1. The lowest BCUT2D eigenvalue weighted by Gasteiger charge is -2.07. The van der Waals surface area contributed by atoms with Gasteiger partial charge in [-0.05, 0) is 23.8 Å². The first-order valence-electron chi connectivity index (χ1n) is 6.09. The average molecular weight is 294 g/mol. The highest BCUT2D eigenvalue weighted by Crippen LogP contribution is 2.27. The van der Waals surface area contributed by atoms with Crippen LogP contribution in [0.5, 0.6) is 5.75 Å². The van der Waals surface area contributed by atoms with Gasteiger partial charge >= 0.3 is 0 Å². The third-order valence-corrected chi connectivity index (χ3v) is 4.57. The number of nitrogens with zero attached hydrogens (tertiary/aromatic N) is 1. The van der Waals surface area contributed by atoms with Gasteiger partial charge in [0.05, 0.1) is 17.7 Å². The van der Waals surface area contributed by atoms with Gasteiger partial charge < -0.3 is 10.5 Å². The molecular weight excluding hydrogens is 280 g/mol. The number of nitrogens with one attached hydrogen (secondary N) is 2. The average Bonchev–Trinajstić information content (AvgIpc) is 3.04. The minimum Gasteiger partial charge on any atom is -0.493 e. The van der Waals surface area contributed by atoms with Crippen molar-refractivity contribution in [1.29, 1.82) is 0 Å². The highest BCUT2D eigenvalue weighted by atomic mass is 32.2. The van der Waals surface area contributed by atoms with Gasteiger partial charge in [0.2, 0.25) is 10.0 Å². The number of hydrogen-bond acceptors (Lipinski definition) is 5. The number of H-pyrrole nitrogens is 1. The molecule has 2 heterocycles. The Labute approximate surface area is 116 Å². The van der Waals surface area contributed by atoms with Crippen LogP contribution in [0.3, 0.4) is 0 Å². The Morgan fingerprint density at radius 1 is 1.45 bits per heavy atom. The first-order chi connectivity index (χ1) is 9.56. The van der Waals surface area contributed by atoms with Crippen LogP contribution in [0.25, 0.3) is 0 Å². The summed E-state index contributed by atoms with van der Waals surface area (Å²) < 4.78 is 32.3. The molecule has 0 saturated carbocycles. The van der Waals surface area contributed by atoms with Gasteiger partial charge in [0.15, 0.2) is 0 Å². The van der Waals surface area contributed by atoms with Crippen LogP contribution < -0.4 is 15.2 Å². The van der Waals surface area contributed by atoms with Gasteiger partial charge in [0.25, 0.3) is 0 Å². The summed E-state index contributed by atoms with van der Waals surface area (Å²) in [6, 6.07) is 4.86. The largest absolute Gasteiger partial charge is 0.493 e. The van der Waals surface area contributed by atoms with Gasteiger partial charge in [0.1, 0.15) is 11.6 Å². The van der Waals surface area contributed by atoms with Crippen LogP contribution in [0.15, 0.2) is 29.3 Å². The van der Waals surface area contributed by atoms with Gasteiger partial charge in [-0.25, -0.2) is 13.1 Å². The Kier molecular flexibility index (Phi) is 3.11. The molecule has 0 radical (unpaired) electrons. The van der Waals surface area contributed by atoms with Crippen LogP contribution in [0.2, 0.25) is 0 Å². The summed E-state index contributed by atoms with van der Waals surface area (Å²) in [5, 5.41) is 6.30. The van der Waals surface area contributed by atoms with Crippen LogP contribution in [-0.4, -0.2) is 25.2 Å². The summed E-state index contributed by atoms with van der Waals surface area (Å²) in [6.45, 7) is 0.691. The van der Waals surface area contributed by atoms with Crippen molar-refractivity contribution < 1.29 is 13.2 Å². The first-order valence-corrected chi connectivity index (χ1v) is 7.58. The zero-order chi connectivity index (χ0) is 14.2. The van der Waals surface area contributed by atoms with Crippen molar-refractivity contribution in [3.05, 3.63) is 35.5 Å². The third-order valence-electron chi connectivity index (χ3n) is 3.18. The Bertz CT molecular complexity index is 739. The molecule has 0 atom stereocenters. The van der Waals surface area contributed by atoms with Crippen LogP contribution >= 0.6 is 0 Å². The van der Waals surface area contributed by atoms with Gasteiger partial charge in [0, 0.05) is 18.5 Å². The Morgan fingerprint density at radius 2 is 2.30 bits per heavy atom. The van der Waals surface area contributed by atoms with Crippen molar-refractivity contribution >= 4 is 15.8 Å². The number of aromatic nitrogens is 2. The zero-order valence-electron chi connectivity index (χ0n) is 10.6. The van der Waals surface area contributed by atoms with Crippen molar-refractivity contribution in [3.63, 3.8) is 0 Å². The lowest BCUT2D eigenvalue weighted by Crippen LogP contribution is -2.23. The zero-order valence-corrected chi connectivity index (χ0v) is 11.4. The van der Waals surface area contributed by atoms with E-state index in [9.17, 15) is 8.42 Å². The van der Waals surface area contributed by atoms with E-state index in [0.717, 1.165) is 17.7 Å². The first kappa shape index (κ1) is 12.9. The molecule has 3 rings (SSSR count). The molecule has 0 fully saturated rings. The molecule has 0 aliphatic carbocycles. The van der Waals surface area contributed by atoms with Gasteiger partial charge in [-0.15, -0.1) is 0 Å². The second kappa shape index (κ2) is 4.80. The summed E-state index contributed by atoms with van der Waals surface area (Å²) in [5.74, 6) is 1.11. The normalized spacial score (nSPS) is 14.0. The van der Waals surface area contributed by atoms with Crippen molar-refractivity contribution in [2.45, 2.75) is 17.9 Å². The molecule has 1 aliphatic heterocycles. The lowest BCUT2D eigenvalue weighted by molar-refractivity contribution is 0.356. The highest BCUT2D eigenvalue weighted by Gasteiger charge is 2.19. The number of nitrogen functional groups attached to an aromatic ring is 1. The molecule has 0 bridgehead atoms. The third kappa shape index (κ3) is 2.35. The van der Waals surface area contributed by atoms with Crippen molar-refractivity contribution in [3.8, 4) is 5.75 Å². The molecular formula is C12H14N4O3S. The van der Waals surface area contributed by atoms with Crippen LogP contribution in [-0.2, 0) is 23.0 Å². The van der Waals surface area contributed by atoms with Gasteiger partial charge in [-0.3, -0.25) is 5.10 Å². The van der Waals surface area contributed by atoms with E-state index in [4.69, 9.17) is 10.5 Å². The summed E-state index contributed by atoms with van der Waals surface area (Å²) in [6.07, 6.45) is 2.22. The SMILES string of the molecule is Nc1[nH]ncc1CNS(=O)(=O)c1ccc2c(c1)CCO2. The molecule has 0 unspecified atom stereocenters. The standard InChI is InChI=1S/C12H14N4O3S/c13-12-9(6-14-16-12)7-15-20(17,18)10-1-2-11-8(5-10)3-4-19-11/h1-2,5-6,15H,3-4,7H2,(H3,13,14,16). The predicted molar refractivity (Wildman–Crippen MR) is 72.7 cm³/mol. The number of benzene rings is 1. The molecule has 20 heavy (non-hydrogen) atoms. The molecule has 106 valence electrons. The lowest BCUT2D eigenvalue weighted by atomic mass is 10.2. The summed E-state index contributed by atoms with van der Waals surface area (Å²) >= 11 is 0. The minimum absolute atomic E-state index is 0.0955. The number of nitrogens with two attached hydrogens (primary N) is 1. The summed E-state index contributed by atoms with van der Waals surface area (Å²) in [5.41, 5.74) is 7.13. The molecule has 7 nitrogen and oxygen atoms in total. The number of sulfonamides is 1. The monoisotopic (exact) mass is 294 g/mol. The van der Waals surface area contributed by atoms with Crippen LogP contribution in [0.1, 0.15) is 11.1 Å². The summed E-state index contributed by atoms with van der Waals surface area (Å²) in [4.78, 5) is 0.226. The second-order valence-electron chi connectivity index (χ2n) is 4.50. The molecule has 1 aromatic heterocycles. The molecule has 1 aliphatic rings. The van der Waals surface area contributed by atoms with Crippen LogP contribution in [0, 0.1) is 0 Å². The molecule has 4 N–H and O–H groups in total. The van der Waals surface area contributed by atoms with E-state index in [1.165, 1.54) is 12.3 Å². The van der Waals surface area contributed by atoms with Crippen LogP contribution in [0.4, 0.5) is 5.82 Å². The Balaban J connectivity index is 1.80. The number of hydrogen-bond donors (Lipinski definition) is 3. The number of ether oxygens (including phenoxy) is 1.